The molecule has 8 heteroatoms. The number of methoxy groups -OCH3 is 4. The van der Waals surface area contributed by atoms with Crippen molar-refractivity contribution in [2.75, 3.05) is 28.4 Å². The molecule has 42 heavy (non-hydrogen) atoms. The number of hydrogen-bond donors (Lipinski definition) is 0. The van der Waals surface area contributed by atoms with Crippen LogP contribution in [0.25, 0.3) is 0 Å². The molecule has 0 heterocycles. The van der Waals surface area contributed by atoms with E-state index >= 15 is 0 Å². The average Bonchev–Trinajstić information content (AvgIpc) is 3.07. The van der Waals surface area contributed by atoms with E-state index in [9.17, 15) is 0 Å². The first-order chi connectivity index (χ1) is 20.7. The van der Waals surface area contributed by atoms with Crippen LogP contribution in [0.3, 0.4) is 0 Å². The van der Waals surface area contributed by atoms with Crippen molar-refractivity contribution in [1.29, 1.82) is 0 Å². The number of ether oxygens (including phenoxy) is 4. The molecule has 0 unspecified atom stereocenters. The smallest absolute Gasteiger partial charge is 0.121 e. The normalized spacial score (nSPS) is 24.2. The fourth-order valence-corrected chi connectivity index (χ4v) is 9.29. The van der Waals surface area contributed by atoms with Gasteiger partial charge in [0, 0.05) is 49.7 Å². The van der Waals surface area contributed by atoms with Gasteiger partial charge in [-0.25, -0.2) is 0 Å². The van der Waals surface area contributed by atoms with Gasteiger partial charge in [0.25, 0.3) is 0 Å². The maximum absolute atomic E-state index is 7.22. The summed E-state index contributed by atoms with van der Waals surface area (Å²) >= 11 is 0. The molecule has 4 aromatic carbocycles. The molecule has 0 aliphatic heterocycles. The molecule has 220 valence electrons. The molecule has 5 rings (SSSR count). The Hall–Kier alpha value is -2.50. The molecule has 6 atom stereocenters. The first-order valence-corrected chi connectivity index (χ1v) is 16.5. The third-order valence-electron chi connectivity index (χ3n) is 7.45. The van der Waals surface area contributed by atoms with Crippen LogP contribution < -0.4 is 21.2 Å². The Bertz CT molecular complexity index is 1150. The molecule has 1 aliphatic rings. The van der Waals surface area contributed by atoms with Gasteiger partial charge in [0.05, 0.1) is 16.3 Å². The van der Waals surface area contributed by atoms with E-state index in [1.165, 1.54) is 0 Å². The summed E-state index contributed by atoms with van der Waals surface area (Å²) in [5.74, 6) is 0. The zero-order chi connectivity index (χ0) is 29.3. The van der Waals surface area contributed by atoms with Gasteiger partial charge in [-0.15, -0.1) is 0 Å². The van der Waals surface area contributed by atoms with Gasteiger partial charge in [-0.3, -0.25) is 0 Å². The van der Waals surface area contributed by atoms with Gasteiger partial charge in [0.1, 0.15) is 36.6 Å². The second-order valence-electron chi connectivity index (χ2n) is 9.87. The second kappa shape index (κ2) is 15.3. The highest BCUT2D eigenvalue weighted by molar-refractivity contribution is 7.69. The van der Waals surface area contributed by atoms with Crippen molar-refractivity contribution < 1.29 is 28.0 Å². The summed E-state index contributed by atoms with van der Waals surface area (Å²) in [7, 11) is 4.25. The van der Waals surface area contributed by atoms with Gasteiger partial charge in [-0.1, -0.05) is 121 Å². The molecule has 0 spiro atoms. The highest BCUT2D eigenvalue weighted by Crippen LogP contribution is 2.47. The molecule has 0 aromatic heterocycles. The Morgan fingerprint density at radius 1 is 0.333 bits per heavy atom. The minimum Gasteiger partial charge on any atom is -0.376 e. The van der Waals surface area contributed by atoms with Gasteiger partial charge in [-0.05, 0) is 0 Å². The summed E-state index contributed by atoms with van der Waals surface area (Å²) in [6.45, 7) is 0. The van der Waals surface area contributed by atoms with Gasteiger partial charge >= 0.3 is 0 Å². The summed E-state index contributed by atoms with van der Waals surface area (Å²) < 4.78 is 38.8. The van der Waals surface area contributed by atoms with Crippen molar-refractivity contribution in [3.63, 3.8) is 0 Å². The van der Waals surface area contributed by atoms with Crippen LogP contribution in [0, 0.1) is 0 Å². The lowest BCUT2D eigenvalue weighted by atomic mass is 9.84. The van der Waals surface area contributed by atoms with Gasteiger partial charge in [-0.2, -0.15) is 0 Å². The largest absolute Gasteiger partial charge is 0.376 e. The van der Waals surface area contributed by atoms with Crippen molar-refractivity contribution in [1.82, 2.24) is 0 Å². The third kappa shape index (κ3) is 6.83. The lowest BCUT2D eigenvalue weighted by molar-refractivity contribution is -0.234. The van der Waals surface area contributed by atoms with E-state index in [0.717, 1.165) is 21.2 Å². The number of hydrogen-bond acceptors (Lipinski definition) is 6. The summed E-state index contributed by atoms with van der Waals surface area (Å²) in [4.78, 5) is 0. The van der Waals surface area contributed by atoms with Gasteiger partial charge in [0.15, 0.2) is 0 Å². The van der Waals surface area contributed by atoms with Crippen molar-refractivity contribution in [3.05, 3.63) is 121 Å². The molecule has 4 aromatic rings. The number of rotatable bonds is 12. The minimum absolute atomic E-state index is 0.446. The minimum atomic E-state index is -1.24. The predicted molar refractivity (Wildman–Crippen MR) is 171 cm³/mol. The van der Waals surface area contributed by atoms with Crippen LogP contribution in [0.2, 0.25) is 0 Å². The average molecular weight is 605 g/mol. The van der Waals surface area contributed by atoms with Crippen LogP contribution in [0.15, 0.2) is 121 Å². The van der Waals surface area contributed by atoms with Crippen molar-refractivity contribution in [2.24, 2.45) is 0 Å². The Kier molecular flexibility index (Phi) is 11.3. The molecule has 0 amide bonds. The van der Waals surface area contributed by atoms with Crippen LogP contribution in [-0.2, 0) is 28.0 Å². The number of benzene rings is 4. The third-order valence-corrected chi connectivity index (χ3v) is 11.4. The summed E-state index contributed by atoms with van der Waals surface area (Å²) in [6, 6.07) is 41.3. The van der Waals surface area contributed by atoms with Crippen molar-refractivity contribution in [2.45, 2.75) is 36.6 Å². The quantitative estimate of drug-likeness (QED) is 0.214. The van der Waals surface area contributed by atoms with Gasteiger partial charge in [0.2, 0.25) is 0 Å². The fourth-order valence-electron chi connectivity index (χ4n) is 5.47. The summed E-state index contributed by atoms with van der Waals surface area (Å²) in [6.07, 6.45) is -2.95. The van der Waals surface area contributed by atoms with E-state index in [2.05, 4.69) is 48.5 Å². The van der Waals surface area contributed by atoms with E-state index in [-0.39, 0.29) is 0 Å². The Balaban J connectivity index is 1.62. The first kappa shape index (κ1) is 30.9. The molecule has 0 radical (unpaired) electrons. The summed E-state index contributed by atoms with van der Waals surface area (Å²) in [5.41, 5.74) is 0. The standard InChI is InChI=1S/C34H38O6P2/c1-35-29-30(36-2)32(38-4)34(40-42(27-21-13-7-14-22-27)28-23-15-8-16-24-28)33(31(29)37-3)39-41(25-17-9-5-10-18-25)26-19-11-6-12-20-26/h5-24,29-34H,1-4H3/t29-,30-,31-,32-,33+,34+/m0/s1. The monoisotopic (exact) mass is 604 g/mol. The molecule has 1 fully saturated rings. The molecular weight excluding hydrogens is 566 g/mol. The zero-order valence-corrected chi connectivity index (χ0v) is 26.1. The highest BCUT2D eigenvalue weighted by Gasteiger charge is 2.55. The Morgan fingerprint density at radius 3 is 0.762 bits per heavy atom. The molecule has 0 N–H and O–H groups in total. The van der Waals surface area contributed by atoms with Gasteiger partial charge < -0.3 is 28.0 Å². The van der Waals surface area contributed by atoms with E-state index < -0.39 is 52.9 Å². The van der Waals surface area contributed by atoms with Crippen LogP contribution in [0.4, 0.5) is 0 Å². The molecule has 0 bridgehead atoms. The molecule has 6 nitrogen and oxygen atoms in total. The lowest BCUT2D eigenvalue weighted by Crippen LogP contribution is -2.66. The van der Waals surface area contributed by atoms with Crippen molar-refractivity contribution >= 4 is 37.5 Å². The first-order valence-electron chi connectivity index (χ1n) is 13.9. The van der Waals surface area contributed by atoms with E-state index in [1.807, 2.05) is 72.8 Å². The van der Waals surface area contributed by atoms with Crippen LogP contribution in [0.1, 0.15) is 0 Å². The van der Waals surface area contributed by atoms with E-state index in [4.69, 9.17) is 28.0 Å². The second-order valence-corrected chi connectivity index (χ2v) is 13.5. The SMILES string of the molecule is CO[C@H]1[C@H](OC)[C@H](OC)[C@@H](OP(c2ccccc2)c2ccccc2)[C@H](OP(c2ccccc2)c2ccccc2)[C@H]1OC. The highest BCUT2D eigenvalue weighted by atomic mass is 31.1. The maximum atomic E-state index is 7.22. The van der Waals surface area contributed by atoms with Crippen LogP contribution >= 0.6 is 16.3 Å². The predicted octanol–water partition coefficient (Wildman–Crippen LogP) is 4.93. The Labute approximate surface area is 251 Å². The van der Waals surface area contributed by atoms with Crippen LogP contribution in [0.5, 0.6) is 0 Å². The van der Waals surface area contributed by atoms with Crippen molar-refractivity contribution in [3.8, 4) is 0 Å². The topological polar surface area (TPSA) is 55.4 Å². The van der Waals surface area contributed by atoms with E-state index in [1.54, 1.807) is 28.4 Å². The fraction of sp³-hybridized carbons (Fsp3) is 0.294. The summed E-state index contributed by atoms with van der Waals surface area (Å²) in [5, 5.41) is 4.38. The van der Waals surface area contributed by atoms with E-state index in [0.29, 0.717) is 0 Å². The molecule has 0 saturated heterocycles. The van der Waals surface area contributed by atoms with Crippen LogP contribution in [-0.4, -0.2) is 65.1 Å². The molecular formula is C34H38O6P2. The molecule has 1 aliphatic carbocycles. The maximum Gasteiger partial charge on any atom is 0.121 e. The lowest BCUT2D eigenvalue weighted by Gasteiger charge is -2.49. The zero-order valence-electron chi connectivity index (χ0n) is 24.4. The Morgan fingerprint density at radius 2 is 0.548 bits per heavy atom. The molecule has 1 saturated carbocycles.